The first kappa shape index (κ1) is 18.1. The first-order valence-electron chi connectivity index (χ1n) is 9.47. The first-order chi connectivity index (χ1) is 12.8. The zero-order valence-corrected chi connectivity index (χ0v) is 16.0. The van der Waals surface area contributed by atoms with Crippen LogP contribution in [0.5, 0.6) is 0 Å². The van der Waals surface area contributed by atoms with E-state index in [1.165, 1.54) is 31.0 Å². The number of ether oxygens (including phenoxy) is 1. The lowest BCUT2D eigenvalue weighted by molar-refractivity contribution is -0.183. The summed E-state index contributed by atoms with van der Waals surface area (Å²) in [5, 5.41) is 0. The van der Waals surface area contributed by atoms with Crippen molar-refractivity contribution >= 4 is 11.9 Å². The summed E-state index contributed by atoms with van der Waals surface area (Å²) in [4.78, 5) is 10.5. The Bertz CT molecular complexity index is 720. The molecule has 0 radical (unpaired) electrons. The van der Waals surface area contributed by atoms with Crippen LogP contribution in [0.2, 0.25) is 0 Å². The lowest BCUT2D eigenvalue weighted by Crippen LogP contribution is -2.59. The van der Waals surface area contributed by atoms with Crippen molar-refractivity contribution in [1.82, 2.24) is 19.2 Å². The monoisotopic (exact) mass is 400 g/mol. The molecule has 5 rings (SSSR count). The second-order valence-corrected chi connectivity index (χ2v) is 9.75. The highest BCUT2D eigenvalue weighted by atomic mass is 32.2. The predicted molar refractivity (Wildman–Crippen MR) is 94.0 cm³/mol. The lowest BCUT2D eigenvalue weighted by Gasteiger charge is -2.55. The third-order valence-corrected chi connectivity index (χ3v) is 7.72. The molecule has 0 bridgehead atoms. The molecule has 1 saturated carbocycles. The van der Waals surface area contributed by atoms with Gasteiger partial charge in [0.1, 0.15) is 0 Å². The van der Waals surface area contributed by atoms with Crippen molar-refractivity contribution in [3.05, 3.63) is 17.7 Å². The van der Waals surface area contributed by atoms with Gasteiger partial charge in [0.25, 0.3) is 0 Å². The summed E-state index contributed by atoms with van der Waals surface area (Å²) >= 11 is 1.50. The summed E-state index contributed by atoms with van der Waals surface area (Å²) < 4.78 is 45.8. The van der Waals surface area contributed by atoms with Gasteiger partial charge in [-0.15, -0.1) is 0 Å². The van der Waals surface area contributed by atoms with Crippen molar-refractivity contribution in [2.24, 2.45) is 17.3 Å². The van der Waals surface area contributed by atoms with Gasteiger partial charge in [0.15, 0.2) is 0 Å². The molecule has 0 N–H and O–H groups in total. The predicted octanol–water partition coefficient (Wildman–Crippen LogP) is 2.85. The van der Waals surface area contributed by atoms with Crippen molar-refractivity contribution in [3.8, 4) is 0 Å². The van der Waals surface area contributed by atoms with Crippen LogP contribution in [-0.4, -0.2) is 64.6 Å². The van der Waals surface area contributed by atoms with Gasteiger partial charge in [-0.3, -0.25) is 4.90 Å². The molecule has 4 heterocycles. The minimum Gasteiger partial charge on any atom is -0.380 e. The molecule has 5 nitrogen and oxygen atoms in total. The van der Waals surface area contributed by atoms with Crippen LogP contribution in [0.1, 0.15) is 24.4 Å². The molecule has 9 heteroatoms. The zero-order valence-electron chi connectivity index (χ0n) is 15.2. The highest BCUT2D eigenvalue weighted by Crippen LogP contribution is 2.51. The number of fused-ring (bicyclic) bond motifs is 1. The van der Waals surface area contributed by atoms with Crippen LogP contribution in [0, 0.1) is 24.2 Å². The van der Waals surface area contributed by atoms with E-state index in [1.807, 2.05) is 0 Å². The number of aryl methyl sites for hydroxylation is 1. The second kappa shape index (κ2) is 6.30. The average Bonchev–Trinajstić information content (AvgIpc) is 3.03. The molecule has 4 fully saturated rings. The fourth-order valence-corrected chi connectivity index (χ4v) is 6.09. The van der Waals surface area contributed by atoms with Crippen molar-refractivity contribution in [2.75, 3.05) is 39.4 Å². The van der Waals surface area contributed by atoms with E-state index in [9.17, 15) is 13.2 Å². The zero-order chi connectivity index (χ0) is 18.8. The normalized spacial score (nSPS) is 31.1. The Kier molecular flexibility index (Phi) is 4.24. The average molecular weight is 400 g/mol. The largest absolute Gasteiger partial charge is 0.451 e. The lowest BCUT2D eigenvalue weighted by atomic mass is 9.63. The number of rotatable bonds is 3. The fourth-order valence-electron chi connectivity index (χ4n) is 5.00. The molecule has 2 atom stereocenters. The maximum atomic E-state index is 12.7. The summed E-state index contributed by atoms with van der Waals surface area (Å²) in [6, 6.07) is 0.728. The summed E-state index contributed by atoms with van der Waals surface area (Å²) in [6.07, 6.45) is -0.613. The number of hydrogen-bond acceptors (Lipinski definition) is 6. The van der Waals surface area contributed by atoms with E-state index in [-0.39, 0.29) is 0 Å². The number of halogens is 3. The van der Waals surface area contributed by atoms with Gasteiger partial charge in [0.2, 0.25) is 5.82 Å². The molecule has 0 aromatic carbocycles. The Morgan fingerprint density at radius 1 is 1.15 bits per heavy atom. The Hall–Kier alpha value is -0.900. The Morgan fingerprint density at radius 2 is 1.81 bits per heavy atom. The number of nitrogens with zero attached hydrogens (tertiary/aromatic N) is 4. The maximum absolute atomic E-state index is 12.7. The molecule has 2 unspecified atom stereocenters. The number of alkyl halides is 3. The molecule has 1 spiro atoms. The first-order valence-corrected chi connectivity index (χ1v) is 10.2. The quantitative estimate of drug-likeness (QED) is 0.727. The van der Waals surface area contributed by atoms with Crippen LogP contribution in [0.25, 0.3) is 0 Å². The third-order valence-electron chi connectivity index (χ3n) is 6.57. The number of aromatic nitrogens is 2. The molecular weight excluding hydrogens is 377 g/mol. The third kappa shape index (κ3) is 3.26. The van der Waals surface area contributed by atoms with Gasteiger partial charge in [-0.1, -0.05) is 0 Å². The minimum atomic E-state index is -4.49. The highest BCUT2D eigenvalue weighted by Gasteiger charge is 2.54. The Morgan fingerprint density at radius 3 is 2.33 bits per heavy atom. The van der Waals surface area contributed by atoms with Crippen molar-refractivity contribution in [1.29, 1.82) is 0 Å². The number of hydrogen-bond donors (Lipinski definition) is 0. The highest BCUT2D eigenvalue weighted by molar-refractivity contribution is 7.97. The van der Waals surface area contributed by atoms with Gasteiger partial charge in [-0.2, -0.15) is 13.2 Å². The van der Waals surface area contributed by atoms with Crippen LogP contribution < -0.4 is 0 Å². The van der Waals surface area contributed by atoms with E-state index < -0.39 is 12.0 Å². The molecule has 148 valence electrons. The van der Waals surface area contributed by atoms with Gasteiger partial charge < -0.3 is 4.74 Å². The van der Waals surface area contributed by atoms with Gasteiger partial charge in [-0.05, 0) is 43.5 Å². The van der Waals surface area contributed by atoms with Crippen LogP contribution in [0.15, 0.2) is 11.1 Å². The van der Waals surface area contributed by atoms with Crippen molar-refractivity contribution in [2.45, 2.75) is 36.9 Å². The summed E-state index contributed by atoms with van der Waals surface area (Å²) in [6.45, 7) is 7.76. The van der Waals surface area contributed by atoms with E-state index in [0.29, 0.717) is 27.8 Å². The topological polar surface area (TPSA) is 41.5 Å². The second-order valence-electron chi connectivity index (χ2n) is 8.61. The van der Waals surface area contributed by atoms with Crippen LogP contribution in [-0.2, 0) is 10.9 Å². The van der Waals surface area contributed by atoms with Crippen molar-refractivity contribution in [3.63, 3.8) is 0 Å². The van der Waals surface area contributed by atoms with Gasteiger partial charge in [-0.25, -0.2) is 14.3 Å². The molecule has 1 aromatic heterocycles. The van der Waals surface area contributed by atoms with E-state index in [1.54, 1.807) is 6.92 Å². The van der Waals surface area contributed by atoms with Gasteiger partial charge >= 0.3 is 6.18 Å². The molecule has 1 aromatic rings. The summed E-state index contributed by atoms with van der Waals surface area (Å²) in [5.74, 6) is 0.248. The van der Waals surface area contributed by atoms with Crippen LogP contribution >= 0.6 is 11.9 Å². The molecule has 3 aliphatic heterocycles. The van der Waals surface area contributed by atoms with E-state index in [4.69, 9.17) is 4.74 Å². The van der Waals surface area contributed by atoms with E-state index in [0.717, 1.165) is 45.4 Å². The molecule has 27 heavy (non-hydrogen) atoms. The molecule has 3 saturated heterocycles. The smallest absolute Gasteiger partial charge is 0.380 e. The summed E-state index contributed by atoms with van der Waals surface area (Å²) in [5.41, 5.74) is 0.896. The number of likely N-dealkylation sites (tertiary alicyclic amines) is 1. The van der Waals surface area contributed by atoms with Gasteiger partial charge in [0, 0.05) is 43.8 Å². The van der Waals surface area contributed by atoms with Gasteiger partial charge in [0.05, 0.1) is 23.8 Å². The molecular formula is C18H23F3N4OS. The molecule has 0 amide bonds. The van der Waals surface area contributed by atoms with Crippen molar-refractivity contribution < 1.29 is 17.9 Å². The minimum absolute atomic E-state index is 0.392. The Balaban J connectivity index is 1.15. The Labute approximate surface area is 160 Å². The van der Waals surface area contributed by atoms with Crippen LogP contribution in [0.3, 0.4) is 0 Å². The molecule has 4 aliphatic rings. The van der Waals surface area contributed by atoms with E-state index in [2.05, 4.69) is 19.2 Å². The summed E-state index contributed by atoms with van der Waals surface area (Å²) in [7, 11) is 0. The fraction of sp³-hybridized carbons (Fsp3) is 0.778. The van der Waals surface area contributed by atoms with E-state index >= 15 is 0 Å². The van der Waals surface area contributed by atoms with Crippen LogP contribution in [0.4, 0.5) is 13.2 Å². The molecule has 1 aliphatic carbocycles. The SMILES string of the molecule is Cc1nc(C(F)(F)F)ncc1SN1CC2CN(C3CC4(COC4)C3)CC2C1. The maximum Gasteiger partial charge on any atom is 0.451 e. The standard InChI is InChI=1S/C18H23F3N4OS/c1-11-15(4-22-16(23-11)18(19,20)21)27-25-7-12-5-24(6-13(12)8-25)14-2-17(3-14)9-26-10-17/h4,12-14H,2-3,5-10H2,1H3.